The number of anilines is 1. The van der Waals surface area contributed by atoms with Crippen molar-refractivity contribution in [3.63, 3.8) is 0 Å². The highest BCUT2D eigenvalue weighted by Crippen LogP contribution is 2.31. The second-order valence-corrected chi connectivity index (χ2v) is 6.76. The van der Waals surface area contributed by atoms with Crippen LogP contribution < -0.4 is 5.32 Å². The fraction of sp³-hybridized carbons (Fsp3) is 0.500. The maximum absolute atomic E-state index is 12.4. The van der Waals surface area contributed by atoms with E-state index in [9.17, 15) is 4.79 Å². The Labute approximate surface area is 129 Å². The number of hydrogen-bond donors (Lipinski definition) is 1. The minimum Gasteiger partial charge on any atom is -0.306 e. The number of carbonyl (C=O) groups is 1. The number of rotatable bonds is 4. The highest BCUT2D eigenvalue weighted by molar-refractivity contribution is 7.14. The lowest BCUT2D eigenvalue weighted by Gasteiger charge is -2.14. The summed E-state index contributed by atoms with van der Waals surface area (Å²) in [6.45, 7) is 4.19. The smallest absolute Gasteiger partial charge is 0.266 e. The SMILES string of the molecule is CCc1sc(C(=O)Nc2ccnn2C2CCCC2)cc1C. The zero-order chi connectivity index (χ0) is 14.8. The molecule has 2 heterocycles. The van der Waals surface area contributed by atoms with Crippen LogP contribution in [0.3, 0.4) is 0 Å². The number of aromatic nitrogens is 2. The van der Waals surface area contributed by atoms with Crippen LogP contribution in [-0.2, 0) is 6.42 Å². The molecular weight excluding hydrogens is 282 g/mol. The molecule has 21 heavy (non-hydrogen) atoms. The Kier molecular flexibility index (Phi) is 4.10. The molecule has 0 aromatic carbocycles. The van der Waals surface area contributed by atoms with Gasteiger partial charge in [0.2, 0.25) is 0 Å². The average molecular weight is 303 g/mol. The van der Waals surface area contributed by atoms with E-state index in [2.05, 4.69) is 24.3 Å². The van der Waals surface area contributed by atoms with Gasteiger partial charge in [-0.1, -0.05) is 19.8 Å². The molecule has 1 fully saturated rings. The minimum absolute atomic E-state index is 0.0254. The molecule has 2 aromatic heterocycles. The van der Waals surface area contributed by atoms with Crippen molar-refractivity contribution in [2.75, 3.05) is 5.32 Å². The second-order valence-electron chi connectivity index (χ2n) is 5.62. The number of carbonyl (C=O) groups excluding carboxylic acids is 1. The lowest BCUT2D eigenvalue weighted by atomic mass is 10.2. The molecule has 3 rings (SSSR count). The molecule has 2 aromatic rings. The number of hydrogen-bond acceptors (Lipinski definition) is 3. The minimum atomic E-state index is -0.0254. The third-order valence-electron chi connectivity index (χ3n) is 4.15. The molecule has 0 aliphatic heterocycles. The largest absolute Gasteiger partial charge is 0.306 e. The van der Waals surface area contributed by atoms with Gasteiger partial charge in [0, 0.05) is 10.9 Å². The Bertz CT molecular complexity index is 638. The van der Waals surface area contributed by atoms with Crippen molar-refractivity contribution >= 4 is 23.1 Å². The molecular formula is C16H21N3OS. The van der Waals surface area contributed by atoms with Gasteiger partial charge in [0.25, 0.3) is 5.91 Å². The number of nitrogens with zero attached hydrogens (tertiary/aromatic N) is 2. The second kappa shape index (κ2) is 6.02. The van der Waals surface area contributed by atoms with Gasteiger partial charge in [-0.2, -0.15) is 5.10 Å². The van der Waals surface area contributed by atoms with Crippen molar-refractivity contribution < 1.29 is 4.79 Å². The van der Waals surface area contributed by atoms with Gasteiger partial charge in [-0.3, -0.25) is 4.79 Å². The Morgan fingerprint density at radius 3 is 2.90 bits per heavy atom. The van der Waals surface area contributed by atoms with Gasteiger partial charge >= 0.3 is 0 Å². The van der Waals surface area contributed by atoms with Crippen molar-refractivity contribution in [2.24, 2.45) is 0 Å². The predicted molar refractivity (Wildman–Crippen MR) is 86.1 cm³/mol. The summed E-state index contributed by atoms with van der Waals surface area (Å²) in [5.74, 6) is 0.790. The van der Waals surface area contributed by atoms with Gasteiger partial charge in [0.05, 0.1) is 17.1 Å². The monoisotopic (exact) mass is 303 g/mol. The van der Waals surface area contributed by atoms with Gasteiger partial charge in [0.15, 0.2) is 0 Å². The Balaban J connectivity index is 1.76. The summed E-state index contributed by atoms with van der Waals surface area (Å²) in [4.78, 5) is 14.5. The van der Waals surface area contributed by atoms with Crippen LogP contribution in [0.25, 0.3) is 0 Å². The van der Waals surface area contributed by atoms with E-state index in [-0.39, 0.29) is 5.91 Å². The quantitative estimate of drug-likeness (QED) is 0.921. The van der Waals surface area contributed by atoms with E-state index >= 15 is 0 Å². The molecule has 0 saturated heterocycles. The zero-order valence-electron chi connectivity index (χ0n) is 12.6. The normalized spacial score (nSPS) is 15.5. The van der Waals surface area contributed by atoms with Crippen LogP contribution in [0.4, 0.5) is 5.82 Å². The van der Waals surface area contributed by atoms with Crippen molar-refractivity contribution in [3.05, 3.63) is 33.6 Å². The molecule has 0 unspecified atom stereocenters. The molecule has 0 spiro atoms. The summed E-state index contributed by atoms with van der Waals surface area (Å²) in [5.41, 5.74) is 1.21. The highest BCUT2D eigenvalue weighted by Gasteiger charge is 2.21. The third-order valence-corrected chi connectivity index (χ3v) is 5.53. The fourth-order valence-corrected chi connectivity index (χ4v) is 4.02. The Hall–Kier alpha value is -1.62. The molecule has 112 valence electrons. The molecule has 0 bridgehead atoms. The number of nitrogens with one attached hydrogen (secondary N) is 1. The summed E-state index contributed by atoms with van der Waals surface area (Å²) in [6.07, 6.45) is 7.56. The molecule has 0 atom stereocenters. The summed E-state index contributed by atoms with van der Waals surface area (Å²) in [5, 5.41) is 7.41. The van der Waals surface area contributed by atoms with Crippen LogP contribution in [0, 0.1) is 6.92 Å². The van der Waals surface area contributed by atoms with Crippen LogP contribution >= 0.6 is 11.3 Å². The average Bonchev–Trinajstić information content (AvgIpc) is 3.17. The standard InChI is InChI=1S/C16H21N3OS/c1-3-13-11(2)10-14(21-13)16(20)18-15-8-9-17-19(15)12-6-4-5-7-12/h8-10,12H,3-7H2,1-2H3,(H,18,20). The fourth-order valence-electron chi connectivity index (χ4n) is 3.01. The Morgan fingerprint density at radius 2 is 2.24 bits per heavy atom. The molecule has 5 heteroatoms. The van der Waals surface area contributed by atoms with Crippen molar-refractivity contribution in [1.82, 2.24) is 9.78 Å². The maximum atomic E-state index is 12.4. The first-order valence-corrected chi connectivity index (χ1v) is 8.45. The molecule has 1 saturated carbocycles. The summed E-state index contributed by atoms with van der Waals surface area (Å²) in [7, 11) is 0. The summed E-state index contributed by atoms with van der Waals surface area (Å²) >= 11 is 1.59. The van der Waals surface area contributed by atoms with Crippen LogP contribution in [0.5, 0.6) is 0 Å². The molecule has 0 radical (unpaired) electrons. The maximum Gasteiger partial charge on any atom is 0.266 e. The van der Waals surface area contributed by atoms with Crippen LogP contribution in [0.15, 0.2) is 18.3 Å². The van der Waals surface area contributed by atoms with Gasteiger partial charge in [-0.15, -0.1) is 11.3 Å². The van der Waals surface area contributed by atoms with E-state index in [1.54, 1.807) is 17.5 Å². The van der Waals surface area contributed by atoms with Crippen molar-refractivity contribution in [1.29, 1.82) is 0 Å². The van der Waals surface area contributed by atoms with E-state index in [1.807, 2.05) is 16.8 Å². The van der Waals surface area contributed by atoms with Crippen LogP contribution in [0.2, 0.25) is 0 Å². The Morgan fingerprint density at radius 1 is 1.48 bits per heavy atom. The predicted octanol–water partition coefficient (Wildman–Crippen LogP) is 4.18. The topological polar surface area (TPSA) is 46.9 Å². The van der Waals surface area contributed by atoms with Crippen LogP contribution in [0.1, 0.15) is 58.8 Å². The summed E-state index contributed by atoms with van der Waals surface area (Å²) < 4.78 is 1.98. The number of aryl methyl sites for hydroxylation is 2. The lowest BCUT2D eigenvalue weighted by Crippen LogP contribution is -2.16. The first-order chi connectivity index (χ1) is 10.2. The third kappa shape index (κ3) is 2.88. The van der Waals surface area contributed by atoms with Gasteiger partial charge in [0.1, 0.15) is 5.82 Å². The number of thiophene rings is 1. The first-order valence-electron chi connectivity index (χ1n) is 7.63. The molecule has 4 nitrogen and oxygen atoms in total. The molecule has 1 N–H and O–H groups in total. The van der Waals surface area contributed by atoms with E-state index in [0.29, 0.717) is 6.04 Å². The van der Waals surface area contributed by atoms with Gasteiger partial charge in [-0.25, -0.2) is 4.68 Å². The van der Waals surface area contributed by atoms with Gasteiger partial charge < -0.3 is 5.32 Å². The van der Waals surface area contributed by atoms with E-state index in [1.165, 1.54) is 23.3 Å². The number of amides is 1. The van der Waals surface area contributed by atoms with Crippen LogP contribution in [-0.4, -0.2) is 15.7 Å². The lowest BCUT2D eigenvalue weighted by molar-refractivity contribution is 0.102. The van der Waals surface area contributed by atoms with Crippen molar-refractivity contribution in [2.45, 2.75) is 52.0 Å². The first kappa shape index (κ1) is 14.3. The summed E-state index contributed by atoms with van der Waals surface area (Å²) in [6, 6.07) is 4.30. The van der Waals surface area contributed by atoms with E-state index in [4.69, 9.17) is 0 Å². The van der Waals surface area contributed by atoms with Crippen molar-refractivity contribution in [3.8, 4) is 0 Å². The van der Waals surface area contributed by atoms with E-state index < -0.39 is 0 Å². The molecule has 1 aliphatic carbocycles. The van der Waals surface area contributed by atoms with Gasteiger partial charge in [-0.05, 0) is 37.8 Å². The molecule has 1 aliphatic rings. The zero-order valence-corrected chi connectivity index (χ0v) is 13.4. The molecule has 1 amide bonds. The van der Waals surface area contributed by atoms with E-state index in [0.717, 1.165) is 30.0 Å². The highest BCUT2D eigenvalue weighted by atomic mass is 32.1.